The van der Waals surface area contributed by atoms with Gasteiger partial charge in [-0.2, -0.15) is 0 Å². The first kappa shape index (κ1) is 14.3. The van der Waals surface area contributed by atoms with E-state index in [4.69, 9.17) is 5.73 Å². The summed E-state index contributed by atoms with van der Waals surface area (Å²) in [6, 6.07) is 0. The third-order valence-corrected chi connectivity index (χ3v) is 1.18. The summed E-state index contributed by atoms with van der Waals surface area (Å²) in [6.45, 7) is 6.06. The maximum Gasteiger partial charge on any atom is 1.00 e. The van der Waals surface area contributed by atoms with Crippen molar-refractivity contribution < 1.29 is 51.4 Å². The molecule has 0 atom stereocenters. The zero-order valence-corrected chi connectivity index (χ0v) is 10.6. The number of nitrogens with one attached hydrogen (secondary N) is 1. The summed E-state index contributed by atoms with van der Waals surface area (Å²) in [5.41, 5.74) is 8.09. The van der Waals surface area contributed by atoms with Crippen LogP contribution in [0.5, 0.6) is 0 Å². The minimum absolute atomic E-state index is 0. The van der Waals surface area contributed by atoms with Crippen LogP contribution >= 0.6 is 0 Å². The normalized spacial score (nSPS) is 11.3. The average molecular weight is 175 g/mol. The van der Waals surface area contributed by atoms with Crippen LogP contribution in [0.2, 0.25) is 0 Å². The first-order valence-electron chi connectivity index (χ1n) is 3.44. The van der Waals surface area contributed by atoms with Crippen LogP contribution in [0.4, 0.5) is 0 Å². The third kappa shape index (κ3) is 8.72. The third-order valence-electron chi connectivity index (χ3n) is 1.18. The van der Waals surface area contributed by atoms with E-state index in [9.17, 15) is 0 Å². The molecule has 1 N–H and O–H groups in total. The van der Waals surface area contributed by atoms with Gasteiger partial charge in [0.2, 0.25) is 0 Å². The minimum atomic E-state index is 0. The summed E-state index contributed by atoms with van der Waals surface area (Å²) < 4.78 is 0. The zero-order valence-electron chi connectivity index (χ0n) is 7.43. The molecule has 0 amide bonds. The van der Waals surface area contributed by atoms with E-state index in [-0.39, 0.29) is 51.4 Å². The standard InChI is InChI=1S/C9H14N.K/c1-3-5-6-9(4-2)7-8-10;/h3-6,10H,2,7-8H2,1H3;/q-1;+1/b5-3-,9-6+;. The van der Waals surface area contributed by atoms with Crippen LogP contribution in [0.15, 0.2) is 36.5 Å². The molecule has 0 aromatic heterocycles. The van der Waals surface area contributed by atoms with Gasteiger partial charge in [0.05, 0.1) is 0 Å². The SMILES string of the molecule is C=C/C(=C\C=C/C)CC[NH-].[K+]. The van der Waals surface area contributed by atoms with E-state index in [1.165, 1.54) is 0 Å². The Bertz CT molecular complexity index is 148. The van der Waals surface area contributed by atoms with Crippen molar-refractivity contribution in [3.8, 4) is 0 Å². The Morgan fingerprint density at radius 1 is 1.55 bits per heavy atom. The van der Waals surface area contributed by atoms with E-state index in [1.54, 1.807) is 6.08 Å². The molecular formula is C9H14KN. The van der Waals surface area contributed by atoms with Crippen LogP contribution in [0.1, 0.15) is 13.3 Å². The molecule has 0 aromatic carbocycles. The molecule has 0 fully saturated rings. The molecule has 1 nitrogen and oxygen atoms in total. The molecule has 0 spiro atoms. The maximum absolute atomic E-state index is 6.96. The van der Waals surface area contributed by atoms with E-state index in [2.05, 4.69) is 6.58 Å². The maximum atomic E-state index is 6.96. The molecule has 11 heavy (non-hydrogen) atoms. The Kier molecular flexibility index (Phi) is 14.1. The Morgan fingerprint density at radius 2 is 2.18 bits per heavy atom. The van der Waals surface area contributed by atoms with Gasteiger partial charge in [0.1, 0.15) is 0 Å². The van der Waals surface area contributed by atoms with E-state index >= 15 is 0 Å². The summed E-state index contributed by atoms with van der Waals surface area (Å²) in [6.07, 6.45) is 8.52. The molecule has 2 heteroatoms. The summed E-state index contributed by atoms with van der Waals surface area (Å²) in [5.74, 6) is 0. The van der Waals surface area contributed by atoms with Crippen molar-refractivity contribution in [2.24, 2.45) is 0 Å². The van der Waals surface area contributed by atoms with Crippen molar-refractivity contribution >= 4 is 0 Å². The van der Waals surface area contributed by atoms with Gasteiger partial charge in [-0.3, -0.25) is 0 Å². The van der Waals surface area contributed by atoms with Gasteiger partial charge >= 0.3 is 51.4 Å². The summed E-state index contributed by atoms with van der Waals surface area (Å²) >= 11 is 0. The van der Waals surface area contributed by atoms with Crippen LogP contribution in [-0.2, 0) is 0 Å². The first-order valence-corrected chi connectivity index (χ1v) is 3.44. The number of hydrogen-bond acceptors (Lipinski definition) is 0. The molecular weight excluding hydrogens is 161 g/mol. The molecule has 0 saturated heterocycles. The molecule has 0 aliphatic rings. The van der Waals surface area contributed by atoms with Gasteiger partial charge in [0.15, 0.2) is 0 Å². The largest absolute Gasteiger partial charge is 1.00 e. The van der Waals surface area contributed by atoms with E-state index < -0.39 is 0 Å². The van der Waals surface area contributed by atoms with Crippen LogP contribution < -0.4 is 51.4 Å². The van der Waals surface area contributed by atoms with E-state index in [1.807, 2.05) is 25.2 Å². The second kappa shape index (κ2) is 10.8. The van der Waals surface area contributed by atoms with Crippen molar-refractivity contribution in [3.63, 3.8) is 0 Å². The van der Waals surface area contributed by atoms with Crippen molar-refractivity contribution in [1.29, 1.82) is 0 Å². The fourth-order valence-corrected chi connectivity index (χ4v) is 0.618. The first-order chi connectivity index (χ1) is 4.85. The molecule has 0 bridgehead atoms. The van der Waals surface area contributed by atoms with Crippen molar-refractivity contribution in [2.45, 2.75) is 13.3 Å². The van der Waals surface area contributed by atoms with Gasteiger partial charge in [0, 0.05) is 0 Å². The topological polar surface area (TPSA) is 23.8 Å². The number of rotatable bonds is 4. The van der Waals surface area contributed by atoms with Gasteiger partial charge in [0.25, 0.3) is 0 Å². The van der Waals surface area contributed by atoms with Crippen molar-refractivity contribution in [2.75, 3.05) is 6.54 Å². The summed E-state index contributed by atoms with van der Waals surface area (Å²) in [7, 11) is 0. The quantitative estimate of drug-likeness (QED) is 0.428. The second-order valence-corrected chi connectivity index (χ2v) is 1.97. The molecule has 0 saturated carbocycles. The van der Waals surface area contributed by atoms with E-state index in [0.29, 0.717) is 6.54 Å². The Morgan fingerprint density at radius 3 is 2.55 bits per heavy atom. The Labute approximate surface area is 112 Å². The Balaban J connectivity index is 0. The number of hydrogen-bond donors (Lipinski definition) is 0. The minimum Gasteiger partial charge on any atom is -0.677 e. The van der Waals surface area contributed by atoms with E-state index in [0.717, 1.165) is 12.0 Å². The fraction of sp³-hybridized carbons (Fsp3) is 0.333. The predicted octanol–water partition coefficient (Wildman–Crippen LogP) is 0.121. The summed E-state index contributed by atoms with van der Waals surface area (Å²) in [4.78, 5) is 0. The average Bonchev–Trinajstić information content (AvgIpc) is 1.98. The Hall–Kier alpha value is 0.816. The van der Waals surface area contributed by atoms with Crippen LogP contribution in [0.3, 0.4) is 0 Å². The molecule has 0 unspecified atom stereocenters. The second-order valence-electron chi connectivity index (χ2n) is 1.97. The molecule has 0 radical (unpaired) electrons. The van der Waals surface area contributed by atoms with Crippen LogP contribution in [0, 0.1) is 0 Å². The summed E-state index contributed by atoms with van der Waals surface area (Å²) in [5, 5.41) is 0. The molecule has 0 heterocycles. The van der Waals surface area contributed by atoms with Crippen LogP contribution in [0.25, 0.3) is 5.73 Å². The van der Waals surface area contributed by atoms with Gasteiger partial charge in [-0.05, 0) is 13.3 Å². The van der Waals surface area contributed by atoms with Crippen molar-refractivity contribution in [1.82, 2.24) is 0 Å². The predicted molar refractivity (Wildman–Crippen MR) is 46.9 cm³/mol. The fourth-order valence-electron chi connectivity index (χ4n) is 0.618. The van der Waals surface area contributed by atoms with Gasteiger partial charge in [-0.1, -0.05) is 36.5 Å². The monoisotopic (exact) mass is 175 g/mol. The molecule has 56 valence electrons. The molecule has 0 aliphatic carbocycles. The van der Waals surface area contributed by atoms with Gasteiger partial charge in [-0.25, -0.2) is 0 Å². The van der Waals surface area contributed by atoms with Crippen molar-refractivity contribution in [3.05, 3.63) is 42.2 Å². The number of allylic oxidation sites excluding steroid dienone is 4. The smallest absolute Gasteiger partial charge is 0.677 e. The van der Waals surface area contributed by atoms with Crippen LogP contribution in [-0.4, -0.2) is 6.54 Å². The zero-order chi connectivity index (χ0) is 7.82. The van der Waals surface area contributed by atoms with Gasteiger partial charge < -0.3 is 5.73 Å². The van der Waals surface area contributed by atoms with Gasteiger partial charge in [-0.15, -0.1) is 6.54 Å². The molecule has 0 rings (SSSR count). The molecule has 0 aromatic rings. The molecule has 0 aliphatic heterocycles.